The second-order valence-corrected chi connectivity index (χ2v) is 5.80. The lowest BCUT2D eigenvalue weighted by Crippen LogP contribution is -2.43. The molecule has 1 N–H and O–H groups in total. The number of carbonyl (C=O) groups is 1. The van der Waals surface area contributed by atoms with Crippen molar-refractivity contribution in [1.82, 2.24) is 19.4 Å². The number of benzene rings is 1. The number of nitrogens with one attached hydrogen (secondary N) is 1. The van der Waals surface area contributed by atoms with Crippen molar-refractivity contribution in [3.8, 4) is 0 Å². The highest BCUT2D eigenvalue weighted by molar-refractivity contribution is 5.78. The third kappa shape index (κ3) is 3.21. The van der Waals surface area contributed by atoms with E-state index < -0.39 is 11.1 Å². The van der Waals surface area contributed by atoms with Crippen LogP contribution in [0, 0.1) is 6.92 Å². The van der Waals surface area contributed by atoms with Crippen molar-refractivity contribution in [2.24, 2.45) is 7.05 Å². The molecule has 2 aromatic heterocycles. The number of carbonyl (C=O) groups excluding carboxylic acids is 1. The standard InChI is InChI=1S/C18H18N4O3/c1-12-6-3-4-7-13(12)10-20-15(23)11-22-14-8-5-9-19-16(14)21(2)17(24)18(22)25/h3-9H,10-11H2,1-2H3,(H,20,23). The van der Waals surface area contributed by atoms with Crippen molar-refractivity contribution in [1.29, 1.82) is 0 Å². The van der Waals surface area contributed by atoms with E-state index in [1.807, 2.05) is 31.2 Å². The van der Waals surface area contributed by atoms with Crippen LogP contribution in [0.25, 0.3) is 11.2 Å². The highest BCUT2D eigenvalue weighted by atomic mass is 16.2. The van der Waals surface area contributed by atoms with Gasteiger partial charge in [0.05, 0.1) is 5.52 Å². The molecule has 0 bridgehead atoms. The quantitative estimate of drug-likeness (QED) is 0.710. The zero-order valence-corrected chi connectivity index (χ0v) is 14.0. The zero-order chi connectivity index (χ0) is 18.0. The van der Waals surface area contributed by atoms with Gasteiger partial charge in [-0.05, 0) is 30.2 Å². The third-order valence-corrected chi connectivity index (χ3v) is 4.15. The van der Waals surface area contributed by atoms with Crippen molar-refractivity contribution >= 4 is 17.1 Å². The second kappa shape index (κ2) is 6.72. The number of aryl methyl sites for hydroxylation is 2. The average molecular weight is 338 g/mol. The van der Waals surface area contributed by atoms with E-state index in [4.69, 9.17) is 0 Å². The Bertz CT molecular complexity index is 1070. The fourth-order valence-corrected chi connectivity index (χ4v) is 2.68. The molecular weight excluding hydrogens is 320 g/mol. The van der Waals surface area contributed by atoms with Crippen molar-refractivity contribution in [2.75, 3.05) is 0 Å². The van der Waals surface area contributed by atoms with Gasteiger partial charge < -0.3 is 5.32 Å². The summed E-state index contributed by atoms with van der Waals surface area (Å²) in [6.07, 6.45) is 1.54. The molecule has 0 spiro atoms. The van der Waals surface area contributed by atoms with E-state index in [9.17, 15) is 14.4 Å². The maximum Gasteiger partial charge on any atom is 0.317 e. The lowest BCUT2D eigenvalue weighted by atomic mass is 10.1. The Morgan fingerprint density at radius 2 is 1.88 bits per heavy atom. The highest BCUT2D eigenvalue weighted by Gasteiger charge is 2.14. The van der Waals surface area contributed by atoms with Crippen LogP contribution in [0.4, 0.5) is 0 Å². The molecule has 25 heavy (non-hydrogen) atoms. The molecule has 0 aliphatic carbocycles. The molecule has 3 rings (SSSR count). The van der Waals surface area contributed by atoms with Crippen LogP contribution < -0.4 is 16.4 Å². The number of nitrogens with zero attached hydrogens (tertiary/aromatic N) is 3. The topological polar surface area (TPSA) is 86.0 Å². The minimum absolute atomic E-state index is 0.233. The van der Waals surface area contributed by atoms with Gasteiger partial charge in [-0.25, -0.2) is 4.98 Å². The van der Waals surface area contributed by atoms with Crippen molar-refractivity contribution in [2.45, 2.75) is 20.0 Å². The maximum atomic E-state index is 12.3. The minimum Gasteiger partial charge on any atom is -0.350 e. The predicted molar refractivity (Wildman–Crippen MR) is 94.3 cm³/mol. The van der Waals surface area contributed by atoms with Crippen LogP contribution in [0.2, 0.25) is 0 Å². The molecule has 3 aromatic rings. The summed E-state index contributed by atoms with van der Waals surface area (Å²) in [4.78, 5) is 40.8. The number of amides is 1. The number of fused-ring (bicyclic) bond motifs is 1. The molecule has 1 amide bonds. The molecule has 1 aromatic carbocycles. The van der Waals surface area contributed by atoms with Crippen LogP contribution in [-0.4, -0.2) is 20.0 Å². The molecule has 0 atom stereocenters. The molecular formula is C18H18N4O3. The SMILES string of the molecule is Cc1ccccc1CNC(=O)Cn1c(=O)c(=O)n(C)c2ncccc21. The van der Waals surface area contributed by atoms with Crippen LogP contribution >= 0.6 is 0 Å². The number of hydrogen-bond donors (Lipinski definition) is 1. The molecule has 0 radical (unpaired) electrons. The first-order valence-corrected chi connectivity index (χ1v) is 7.85. The largest absolute Gasteiger partial charge is 0.350 e. The summed E-state index contributed by atoms with van der Waals surface area (Å²) in [6.45, 7) is 2.09. The summed E-state index contributed by atoms with van der Waals surface area (Å²) in [5.41, 5.74) is 1.42. The molecule has 128 valence electrons. The summed E-state index contributed by atoms with van der Waals surface area (Å²) >= 11 is 0. The number of rotatable bonds is 4. The Labute approximate surface area is 143 Å². The summed E-state index contributed by atoms with van der Waals surface area (Å²) in [7, 11) is 1.49. The highest BCUT2D eigenvalue weighted by Crippen LogP contribution is 2.07. The van der Waals surface area contributed by atoms with Gasteiger partial charge in [0, 0.05) is 19.8 Å². The summed E-state index contributed by atoms with van der Waals surface area (Å²) < 4.78 is 2.36. The molecule has 7 nitrogen and oxygen atoms in total. The fraction of sp³-hybridized carbons (Fsp3) is 0.222. The third-order valence-electron chi connectivity index (χ3n) is 4.15. The van der Waals surface area contributed by atoms with E-state index in [2.05, 4.69) is 10.3 Å². The Kier molecular flexibility index (Phi) is 4.47. The first-order chi connectivity index (χ1) is 12.0. The Morgan fingerprint density at radius 1 is 1.12 bits per heavy atom. The normalized spacial score (nSPS) is 10.8. The summed E-state index contributed by atoms with van der Waals surface area (Å²) in [6, 6.07) is 11.1. The van der Waals surface area contributed by atoms with E-state index in [1.165, 1.54) is 17.8 Å². The monoisotopic (exact) mass is 338 g/mol. The van der Waals surface area contributed by atoms with Gasteiger partial charge in [0.2, 0.25) is 5.91 Å². The average Bonchev–Trinajstić information content (AvgIpc) is 2.63. The van der Waals surface area contributed by atoms with Crippen LogP contribution in [0.15, 0.2) is 52.2 Å². The van der Waals surface area contributed by atoms with Gasteiger partial charge in [0.15, 0.2) is 5.65 Å². The smallest absolute Gasteiger partial charge is 0.317 e. The molecule has 7 heteroatoms. The van der Waals surface area contributed by atoms with Crippen molar-refractivity contribution in [3.05, 3.63) is 74.4 Å². The van der Waals surface area contributed by atoms with Crippen LogP contribution in [0.5, 0.6) is 0 Å². The molecule has 0 aliphatic heterocycles. The Balaban J connectivity index is 1.88. The maximum absolute atomic E-state index is 12.3. The lowest BCUT2D eigenvalue weighted by molar-refractivity contribution is -0.121. The fourth-order valence-electron chi connectivity index (χ4n) is 2.68. The van der Waals surface area contributed by atoms with Gasteiger partial charge in [-0.15, -0.1) is 0 Å². The van der Waals surface area contributed by atoms with Crippen molar-refractivity contribution in [3.63, 3.8) is 0 Å². The molecule has 0 saturated carbocycles. The zero-order valence-electron chi connectivity index (χ0n) is 14.0. The molecule has 0 fully saturated rings. The lowest BCUT2D eigenvalue weighted by Gasteiger charge is -2.12. The van der Waals surface area contributed by atoms with Crippen LogP contribution in [-0.2, 0) is 24.9 Å². The Morgan fingerprint density at radius 3 is 2.64 bits per heavy atom. The van der Waals surface area contributed by atoms with Gasteiger partial charge in [0.1, 0.15) is 6.54 Å². The van der Waals surface area contributed by atoms with E-state index in [-0.39, 0.29) is 12.5 Å². The first kappa shape index (κ1) is 16.6. The second-order valence-electron chi connectivity index (χ2n) is 5.80. The number of hydrogen-bond acceptors (Lipinski definition) is 4. The summed E-state index contributed by atoms with van der Waals surface area (Å²) in [5.74, 6) is -0.344. The van der Waals surface area contributed by atoms with E-state index in [0.29, 0.717) is 17.7 Å². The molecule has 0 unspecified atom stereocenters. The summed E-state index contributed by atoms with van der Waals surface area (Å²) in [5, 5.41) is 2.79. The van der Waals surface area contributed by atoms with Gasteiger partial charge in [-0.2, -0.15) is 0 Å². The van der Waals surface area contributed by atoms with E-state index in [1.54, 1.807) is 12.1 Å². The molecule has 2 heterocycles. The number of pyridine rings is 1. The minimum atomic E-state index is -0.742. The Hall–Kier alpha value is -3.22. The van der Waals surface area contributed by atoms with Gasteiger partial charge in [0.25, 0.3) is 0 Å². The van der Waals surface area contributed by atoms with Crippen LogP contribution in [0.1, 0.15) is 11.1 Å². The van der Waals surface area contributed by atoms with Crippen molar-refractivity contribution < 1.29 is 4.79 Å². The van der Waals surface area contributed by atoms with Gasteiger partial charge >= 0.3 is 11.1 Å². The van der Waals surface area contributed by atoms with E-state index in [0.717, 1.165) is 15.7 Å². The number of aromatic nitrogens is 3. The van der Waals surface area contributed by atoms with Crippen LogP contribution in [0.3, 0.4) is 0 Å². The van der Waals surface area contributed by atoms with E-state index >= 15 is 0 Å². The molecule has 0 aliphatic rings. The van der Waals surface area contributed by atoms with Gasteiger partial charge in [-0.1, -0.05) is 24.3 Å². The van der Waals surface area contributed by atoms with Gasteiger partial charge in [-0.3, -0.25) is 23.5 Å². The first-order valence-electron chi connectivity index (χ1n) is 7.85. The molecule has 0 saturated heterocycles. The predicted octanol–water partition coefficient (Wildman–Crippen LogP) is 0.720.